The Morgan fingerprint density at radius 1 is 1.00 bits per heavy atom. The first kappa shape index (κ1) is 17.8. The Kier molecular flexibility index (Phi) is 5.23. The standard InChI is InChI=1S/C23H27N3O/c1-18-7-5-6-10-21(18)22(27)26-16-13-24-23(26)25-14-11-20(12-15-25)17-19-8-3-2-4-9-19/h2-10,20H,11-17H2,1H3. The molecule has 2 heterocycles. The third kappa shape index (κ3) is 3.90. The summed E-state index contributed by atoms with van der Waals surface area (Å²) in [7, 11) is 0. The molecule has 0 N–H and O–H groups in total. The number of aryl methyl sites for hydroxylation is 1. The van der Waals surface area contributed by atoms with Crippen molar-refractivity contribution in [3.63, 3.8) is 0 Å². The van der Waals surface area contributed by atoms with Crippen molar-refractivity contribution in [2.75, 3.05) is 26.2 Å². The molecule has 0 spiro atoms. The third-order valence-corrected chi connectivity index (χ3v) is 5.70. The molecule has 0 radical (unpaired) electrons. The zero-order valence-corrected chi connectivity index (χ0v) is 16.0. The topological polar surface area (TPSA) is 35.9 Å². The van der Waals surface area contributed by atoms with Gasteiger partial charge in [-0.2, -0.15) is 0 Å². The van der Waals surface area contributed by atoms with Crippen LogP contribution in [-0.4, -0.2) is 47.8 Å². The molecule has 27 heavy (non-hydrogen) atoms. The summed E-state index contributed by atoms with van der Waals surface area (Å²) in [6.45, 7) is 5.35. The van der Waals surface area contributed by atoms with E-state index in [1.165, 1.54) is 5.56 Å². The second kappa shape index (κ2) is 7.95. The largest absolute Gasteiger partial charge is 0.342 e. The molecule has 2 aromatic carbocycles. The minimum atomic E-state index is 0.0794. The highest BCUT2D eigenvalue weighted by Crippen LogP contribution is 2.24. The molecule has 4 rings (SSSR count). The number of amides is 1. The number of carbonyl (C=O) groups is 1. The lowest BCUT2D eigenvalue weighted by Gasteiger charge is -2.36. The van der Waals surface area contributed by atoms with Gasteiger partial charge in [0.05, 0.1) is 6.54 Å². The lowest BCUT2D eigenvalue weighted by Crippen LogP contribution is -2.48. The maximum absolute atomic E-state index is 13.0. The van der Waals surface area contributed by atoms with E-state index in [1.54, 1.807) is 0 Å². The van der Waals surface area contributed by atoms with Crippen LogP contribution < -0.4 is 0 Å². The van der Waals surface area contributed by atoms with Crippen molar-refractivity contribution in [3.8, 4) is 0 Å². The molecule has 4 heteroatoms. The Morgan fingerprint density at radius 3 is 2.44 bits per heavy atom. The highest BCUT2D eigenvalue weighted by Gasteiger charge is 2.31. The van der Waals surface area contributed by atoms with Crippen LogP contribution in [0.25, 0.3) is 0 Å². The molecule has 1 saturated heterocycles. The smallest absolute Gasteiger partial charge is 0.260 e. The maximum atomic E-state index is 13.0. The van der Waals surface area contributed by atoms with Crippen LogP contribution in [0.4, 0.5) is 0 Å². The van der Waals surface area contributed by atoms with Gasteiger partial charge >= 0.3 is 0 Å². The summed E-state index contributed by atoms with van der Waals surface area (Å²) in [5.74, 6) is 1.67. The Balaban J connectivity index is 1.39. The number of rotatable bonds is 3. The molecule has 0 saturated carbocycles. The average molecular weight is 361 g/mol. The van der Waals surface area contributed by atoms with Gasteiger partial charge in [0.2, 0.25) is 5.96 Å². The predicted octanol–water partition coefficient (Wildman–Crippen LogP) is 3.76. The van der Waals surface area contributed by atoms with Crippen molar-refractivity contribution in [2.24, 2.45) is 10.9 Å². The summed E-state index contributed by atoms with van der Waals surface area (Å²) in [4.78, 5) is 21.9. The highest BCUT2D eigenvalue weighted by atomic mass is 16.2. The van der Waals surface area contributed by atoms with E-state index < -0.39 is 0 Å². The van der Waals surface area contributed by atoms with E-state index in [4.69, 9.17) is 0 Å². The zero-order chi connectivity index (χ0) is 18.6. The van der Waals surface area contributed by atoms with Gasteiger partial charge in [-0.15, -0.1) is 0 Å². The molecule has 2 aromatic rings. The van der Waals surface area contributed by atoms with Gasteiger partial charge in [0.1, 0.15) is 0 Å². The second-order valence-corrected chi connectivity index (χ2v) is 7.57. The van der Waals surface area contributed by atoms with Gasteiger partial charge in [0.15, 0.2) is 0 Å². The maximum Gasteiger partial charge on any atom is 0.260 e. The monoisotopic (exact) mass is 361 g/mol. The Hall–Kier alpha value is -2.62. The number of piperidine rings is 1. The van der Waals surface area contributed by atoms with Gasteiger partial charge in [0, 0.05) is 25.2 Å². The number of guanidine groups is 1. The summed E-state index contributed by atoms with van der Waals surface area (Å²) in [6, 6.07) is 18.6. The highest BCUT2D eigenvalue weighted by molar-refractivity contribution is 6.07. The van der Waals surface area contributed by atoms with Crippen LogP contribution in [0.2, 0.25) is 0 Å². The minimum Gasteiger partial charge on any atom is -0.342 e. The number of aliphatic imine (C=N–C) groups is 1. The Morgan fingerprint density at radius 2 is 1.70 bits per heavy atom. The van der Waals surface area contributed by atoms with Crippen molar-refractivity contribution in [1.29, 1.82) is 0 Å². The first-order valence-electron chi connectivity index (χ1n) is 9.93. The van der Waals surface area contributed by atoms with Crippen LogP contribution in [0, 0.1) is 12.8 Å². The molecule has 0 aromatic heterocycles. The van der Waals surface area contributed by atoms with Crippen LogP contribution in [0.5, 0.6) is 0 Å². The number of hydrogen-bond donors (Lipinski definition) is 0. The number of hydrogen-bond acceptors (Lipinski definition) is 3. The van der Waals surface area contributed by atoms with E-state index in [0.717, 1.165) is 49.4 Å². The summed E-state index contributed by atoms with van der Waals surface area (Å²) in [6.07, 6.45) is 3.45. The van der Waals surface area contributed by atoms with Gasteiger partial charge in [-0.1, -0.05) is 48.5 Å². The fourth-order valence-corrected chi connectivity index (χ4v) is 4.14. The average Bonchev–Trinajstić information content (AvgIpc) is 3.19. The molecule has 2 aliphatic heterocycles. The normalized spacial score (nSPS) is 17.9. The van der Waals surface area contributed by atoms with Crippen molar-refractivity contribution < 1.29 is 4.79 Å². The van der Waals surface area contributed by atoms with Gasteiger partial charge in [0.25, 0.3) is 5.91 Å². The van der Waals surface area contributed by atoms with Crippen LogP contribution in [0.3, 0.4) is 0 Å². The molecule has 2 aliphatic rings. The van der Waals surface area contributed by atoms with Crippen molar-refractivity contribution >= 4 is 11.9 Å². The third-order valence-electron chi connectivity index (χ3n) is 5.70. The summed E-state index contributed by atoms with van der Waals surface area (Å²) in [5.41, 5.74) is 3.23. The van der Waals surface area contributed by atoms with Crippen LogP contribution in [0.1, 0.15) is 34.3 Å². The lowest BCUT2D eigenvalue weighted by atomic mass is 9.90. The van der Waals surface area contributed by atoms with E-state index >= 15 is 0 Å². The first-order chi connectivity index (χ1) is 13.2. The van der Waals surface area contributed by atoms with Gasteiger partial charge in [-0.3, -0.25) is 14.7 Å². The molecule has 1 fully saturated rings. The molecule has 0 aliphatic carbocycles. The first-order valence-corrected chi connectivity index (χ1v) is 9.93. The van der Waals surface area contributed by atoms with Crippen molar-refractivity contribution in [3.05, 3.63) is 71.3 Å². The molecular formula is C23H27N3O. The van der Waals surface area contributed by atoms with E-state index in [0.29, 0.717) is 19.0 Å². The predicted molar refractivity (Wildman–Crippen MR) is 109 cm³/mol. The molecule has 0 unspecified atom stereocenters. The van der Waals surface area contributed by atoms with Crippen LogP contribution >= 0.6 is 0 Å². The number of benzene rings is 2. The summed E-state index contributed by atoms with van der Waals surface area (Å²) in [5, 5.41) is 0. The van der Waals surface area contributed by atoms with E-state index in [-0.39, 0.29) is 5.91 Å². The van der Waals surface area contributed by atoms with E-state index in [1.807, 2.05) is 36.1 Å². The zero-order valence-electron chi connectivity index (χ0n) is 16.0. The van der Waals surface area contributed by atoms with Crippen LogP contribution in [-0.2, 0) is 6.42 Å². The fourth-order valence-electron chi connectivity index (χ4n) is 4.14. The number of nitrogens with zero attached hydrogens (tertiary/aromatic N) is 3. The molecule has 0 atom stereocenters. The molecular weight excluding hydrogens is 334 g/mol. The number of carbonyl (C=O) groups excluding carboxylic acids is 1. The minimum absolute atomic E-state index is 0.0794. The van der Waals surface area contributed by atoms with E-state index in [2.05, 4.69) is 40.2 Å². The lowest BCUT2D eigenvalue weighted by molar-refractivity contribution is 0.0838. The summed E-state index contributed by atoms with van der Waals surface area (Å²) < 4.78 is 0. The van der Waals surface area contributed by atoms with Gasteiger partial charge in [-0.25, -0.2) is 0 Å². The second-order valence-electron chi connectivity index (χ2n) is 7.57. The fraction of sp³-hybridized carbons (Fsp3) is 0.391. The van der Waals surface area contributed by atoms with Gasteiger partial charge in [-0.05, 0) is 49.3 Å². The molecule has 0 bridgehead atoms. The summed E-state index contributed by atoms with van der Waals surface area (Å²) >= 11 is 0. The van der Waals surface area contributed by atoms with Crippen molar-refractivity contribution in [1.82, 2.24) is 9.80 Å². The Labute approximate surface area is 161 Å². The number of likely N-dealkylation sites (tertiary alicyclic amines) is 1. The molecule has 140 valence electrons. The SMILES string of the molecule is Cc1ccccc1C(=O)N1CCN=C1N1CCC(Cc2ccccc2)CC1. The molecule has 1 amide bonds. The quantitative estimate of drug-likeness (QED) is 0.834. The molecule has 4 nitrogen and oxygen atoms in total. The van der Waals surface area contributed by atoms with Crippen molar-refractivity contribution in [2.45, 2.75) is 26.2 Å². The van der Waals surface area contributed by atoms with Gasteiger partial charge < -0.3 is 4.90 Å². The van der Waals surface area contributed by atoms with Crippen LogP contribution in [0.15, 0.2) is 59.6 Å². The Bertz CT molecular complexity index is 823. The van der Waals surface area contributed by atoms with E-state index in [9.17, 15) is 4.79 Å².